The van der Waals surface area contributed by atoms with Gasteiger partial charge in [-0.3, -0.25) is 0 Å². The zero-order chi connectivity index (χ0) is 15.6. The van der Waals surface area contributed by atoms with Gasteiger partial charge in [-0.15, -0.1) is 0 Å². The van der Waals surface area contributed by atoms with E-state index in [1.807, 2.05) is 18.2 Å². The summed E-state index contributed by atoms with van der Waals surface area (Å²) in [6.07, 6.45) is 8.13. The number of benzene rings is 1. The van der Waals surface area contributed by atoms with Crippen LogP contribution in [0.4, 0.5) is 4.39 Å². The lowest BCUT2D eigenvalue weighted by molar-refractivity contribution is 0.468. The molecule has 0 bridgehead atoms. The number of fused-ring (bicyclic) bond motifs is 1. The van der Waals surface area contributed by atoms with E-state index in [9.17, 15) is 4.39 Å². The molecule has 0 saturated heterocycles. The number of hydrogen-bond acceptors (Lipinski definition) is 1. The highest BCUT2D eigenvalue weighted by atomic mass is 19.1. The zero-order valence-electron chi connectivity index (χ0n) is 13.1. The summed E-state index contributed by atoms with van der Waals surface area (Å²) < 4.78 is 13.7. The van der Waals surface area contributed by atoms with Crippen LogP contribution in [0, 0.1) is 11.7 Å². The maximum atomic E-state index is 13.7. The predicted molar refractivity (Wildman–Crippen MR) is 90.9 cm³/mol. The van der Waals surface area contributed by atoms with Crippen molar-refractivity contribution in [2.75, 3.05) is 0 Å². The quantitative estimate of drug-likeness (QED) is 0.685. The van der Waals surface area contributed by atoms with Crippen molar-refractivity contribution in [1.29, 1.82) is 0 Å². The lowest BCUT2D eigenvalue weighted by Gasteiger charge is -2.20. The third-order valence-electron chi connectivity index (χ3n) is 5.08. The maximum Gasteiger partial charge on any atom is 0.137 e. The van der Waals surface area contributed by atoms with Crippen molar-refractivity contribution in [3.8, 4) is 0 Å². The number of rotatable bonds is 4. The average molecular weight is 308 g/mol. The second-order valence-corrected chi connectivity index (χ2v) is 6.66. The Labute approximate surface area is 135 Å². The minimum atomic E-state index is -0.159. The summed E-state index contributed by atoms with van der Waals surface area (Å²) in [6.45, 7) is 0. The summed E-state index contributed by atoms with van der Waals surface area (Å²) in [6, 6.07) is 13.2. The van der Waals surface area contributed by atoms with Gasteiger partial charge in [-0.25, -0.2) is 9.37 Å². The molecule has 1 aliphatic carbocycles. The van der Waals surface area contributed by atoms with E-state index in [1.54, 1.807) is 12.3 Å². The molecule has 2 nitrogen and oxygen atoms in total. The van der Waals surface area contributed by atoms with Crippen molar-refractivity contribution in [2.45, 2.75) is 38.0 Å². The van der Waals surface area contributed by atoms with E-state index in [2.05, 4.69) is 22.1 Å². The van der Waals surface area contributed by atoms with Crippen LogP contribution in [0.2, 0.25) is 0 Å². The van der Waals surface area contributed by atoms with Gasteiger partial charge in [-0.05, 0) is 48.2 Å². The Hall–Kier alpha value is -2.16. The van der Waals surface area contributed by atoms with Crippen LogP contribution in [0.25, 0.3) is 11.0 Å². The summed E-state index contributed by atoms with van der Waals surface area (Å²) in [5.74, 6) is 0.791. The number of nitrogens with zero attached hydrogens (tertiary/aromatic N) is 1. The van der Waals surface area contributed by atoms with E-state index in [0.29, 0.717) is 0 Å². The van der Waals surface area contributed by atoms with Crippen molar-refractivity contribution >= 4 is 11.0 Å². The molecule has 2 heterocycles. The van der Waals surface area contributed by atoms with E-state index >= 15 is 0 Å². The van der Waals surface area contributed by atoms with Gasteiger partial charge < -0.3 is 4.98 Å². The van der Waals surface area contributed by atoms with Crippen molar-refractivity contribution in [3.05, 3.63) is 65.7 Å². The number of aromatic nitrogens is 2. The highest BCUT2D eigenvalue weighted by molar-refractivity contribution is 5.76. The summed E-state index contributed by atoms with van der Waals surface area (Å²) in [5.41, 5.74) is 3.12. The topological polar surface area (TPSA) is 28.7 Å². The van der Waals surface area contributed by atoms with Crippen LogP contribution in [0.3, 0.4) is 0 Å². The fourth-order valence-electron chi connectivity index (χ4n) is 3.91. The van der Waals surface area contributed by atoms with Crippen LogP contribution in [-0.4, -0.2) is 9.97 Å². The summed E-state index contributed by atoms with van der Waals surface area (Å²) >= 11 is 0. The predicted octanol–water partition coefficient (Wildman–Crippen LogP) is 5.41. The van der Waals surface area contributed by atoms with Gasteiger partial charge >= 0.3 is 0 Å². The SMILES string of the molecule is Fc1cccc(C(CC2CCCC2)c2cc3cccnc3[nH]2)c1. The summed E-state index contributed by atoms with van der Waals surface area (Å²) in [5, 5.41) is 1.12. The van der Waals surface area contributed by atoms with Gasteiger partial charge in [0, 0.05) is 23.2 Å². The molecule has 1 fully saturated rings. The van der Waals surface area contributed by atoms with Crippen molar-refractivity contribution in [1.82, 2.24) is 9.97 Å². The van der Waals surface area contributed by atoms with Gasteiger partial charge in [0.2, 0.25) is 0 Å². The second kappa shape index (κ2) is 6.15. The molecular weight excluding hydrogens is 287 g/mol. The van der Waals surface area contributed by atoms with Gasteiger partial charge in [-0.2, -0.15) is 0 Å². The molecular formula is C20H21FN2. The van der Waals surface area contributed by atoms with E-state index < -0.39 is 0 Å². The summed E-state index contributed by atoms with van der Waals surface area (Å²) in [4.78, 5) is 7.85. The molecule has 1 N–H and O–H groups in total. The molecule has 1 aromatic carbocycles. The Bertz CT molecular complexity index is 769. The van der Waals surface area contributed by atoms with E-state index in [-0.39, 0.29) is 11.7 Å². The van der Waals surface area contributed by atoms with Gasteiger partial charge in [0.05, 0.1) is 0 Å². The number of halogens is 1. The smallest absolute Gasteiger partial charge is 0.137 e. The lowest BCUT2D eigenvalue weighted by Crippen LogP contribution is -2.07. The highest BCUT2D eigenvalue weighted by Gasteiger charge is 2.24. The molecule has 1 aliphatic rings. The van der Waals surface area contributed by atoms with Gasteiger partial charge in [0.25, 0.3) is 0 Å². The Morgan fingerprint density at radius 1 is 1.13 bits per heavy atom. The molecule has 0 amide bonds. The Morgan fingerprint density at radius 2 is 2.00 bits per heavy atom. The van der Waals surface area contributed by atoms with Crippen LogP contribution < -0.4 is 0 Å². The monoisotopic (exact) mass is 308 g/mol. The Kier molecular flexibility index (Phi) is 3.86. The van der Waals surface area contributed by atoms with Crippen LogP contribution >= 0.6 is 0 Å². The summed E-state index contributed by atoms with van der Waals surface area (Å²) in [7, 11) is 0. The van der Waals surface area contributed by atoms with Crippen LogP contribution in [0.1, 0.15) is 49.3 Å². The first-order valence-corrected chi connectivity index (χ1v) is 8.49. The molecule has 1 unspecified atom stereocenters. The number of aromatic amines is 1. The number of nitrogens with one attached hydrogen (secondary N) is 1. The van der Waals surface area contributed by atoms with Gasteiger partial charge in [0.1, 0.15) is 11.5 Å². The lowest BCUT2D eigenvalue weighted by atomic mass is 9.85. The zero-order valence-corrected chi connectivity index (χ0v) is 13.1. The van der Waals surface area contributed by atoms with Crippen molar-refractivity contribution in [2.24, 2.45) is 5.92 Å². The van der Waals surface area contributed by atoms with Crippen LogP contribution in [0.15, 0.2) is 48.7 Å². The van der Waals surface area contributed by atoms with E-state index in [0.717, 1.165) is 34.6 Å². The normalized spacial score (nSPS) is 16.9. The van der Waals surface area contributed by atoms with Gasteiger partial charge in [0.15, 0.2) is 0 Å². The molecule has 0 spiro atoms. The fourth-order valence-corrected chi connectivity index (χ4v) is 3.91. The Morgan fingerprint density at radius 3 is 2.78 bits per heavy atom. The molecule has 4 rings (SSSR count). The largest absolute Gasteiger partial charge is 0.343 e. The molecule has 118 valence electrons. The maximum absolute atomic E-state index is 13.7. The first-order valence-electron chi connectivity index (χ1n) is 8.49. The number of H-pyrrole nitrogens is 1. The van der Waals surface area contributed by atoms with Crippen LogP contribution in [-0.2, 0) is 0 Å². The minimum Gasteiger partial charge on any atom is -0.343 e. The number of pyridine rings is 1. The fraction of sp³-hybridized carbons (Fsp3) is 0.350. The highest BCUT2D eigenvalue weighted by Crippen LogP contribution is 2.38. The third kappa shape index (κ3) is 3.00. The molecule has 23 heavy (non-hydrogen) atoms. The molecule has 3 aromatic rings. The second-order valence-electron chi connectivity index (χ2n) is 6.66. The Balaban J connectivity index is 1.73. The molecule has 0 radical (unpaired) electrons. The van der Waals surface area contributed by atoms with E-state index in [4.69, 9.17) is 0 Å². The first-order chi connectivity index (χ1) is 11.3. The van der Waals surface area contributed by atoms with E-state index in [1.165, 1.54) is 31.7 Å². The number of hydrogen-bond donors (Lipinski definition) is 1. The van der Waals surface area contributed by atoms with Crippen molar-refractivity contribution in [3.63, 3.8) is 0 Å². The molecule has 2 aromatic heterocycles. The van der Waals surface area contributed by atoms with Crippen LogP contribution in [0.5, 0.6) is 0 Å². The molecule has 1 saturated carbocycles. The standard InChI is InChI=1S/C20H21FN2/c21-17-9-3-7-15(12-17)18(11-14-5-1-2-6-14)19-13-16-8-4-10-22-20(16)23-19/h3-4,7-10,12-14,18H,1-2,5-6,11H2,(H,22,23). The third-order valence-corrected chi connectivity index (χ3v) is 5.08. The van der Waals surface area contributed by atoms with Crippen molar-refractivity contribution < 1.29 is 4.39 Å². The molecule has 1 atom stereocenters. The first kappa shape index (κ1) is 14.4. The molecule has 3 heteroatoms. The van der Waals surface area contributed by atoms with Gasteiger partial charge in [-0.1, -0.05) is 37.8 Å². The average Bonchev–Trinajstić information content (AvgIpc) is 3.21. The molecule has 0 aliphatic heterocycles. The minimum absolute atomic E-state index is 0.159.